The number of hydrazone groups is 1. The van der Waals surface area contributed by atoms with Crippen molar-refractivity contribution in [1.82, 2.24) is 10.4 Å². The van der Waals surface area contributed by atoms with Crippen LogP contribution in [0.2, 0.25) is 0 Å². The summed E-state index contributed by atoms with van der Waals surface area (Å²) in [5, 5.41) is 15.6. The summed E-state index contributed by atoms with van der Waals surface area (Å²) in [6, 6.07) is 16.1. The average molecular weight is 291 g/mol. The quantitative estimate of drug-likeness (QED) is 0.575. The summed E-state index contributed by atoms with van der Waals surface area (Å²) in [5.74, 6) is -0.556. The molecular weight excluding hydrogens is 278 g/mol. The minimum absolute atomic E-state index is 0.0794. The number of aromatic nitrogens is 1. The van der Waals surface area contributed by atoms with Gasteiger partial charge in [0.2, 0.25) is 0 Å². The van der Waals surface area contributed by atoms with Crippen LogP contribution in [-0.2, 0) is 0 Å². The molecule has 1 aromatic heterocycles. The molecule has 3 rings (SSSR count). The van der Waals surface area contributed by atoms with Gasteiger partial charge in [-0.05, 0) is 35.0 Å². The molecule has 2 N–H and O–H groups in total. The largest absolute Gasteiger partial charge is 0.507 e. The number of phenolic OH excluding ortho intramolecular Hbond substituents is 1. The minimum Gasteiger partial charge on any atom is -0.507 e. The SMILES string of the molecule is O=C(N/N=C\c1ccccn1)c1cc2ccccc2cc1O. The van der Waals surface area contributed by atoms with Gasteiger partial charge in [-0.3, -0.25) is 9.78 Å². The van der Waals surface area contributed by atoms with Crippen LogP contribution < -0.4 is 5.43 Å². The van der Waals surface area contributed by atoms with Crippen molar-refractivity contribution < 1.29 is 9.90 Å². The Morgan fingerprint density at radius 2 is 1.82 bits per heavy atom. The van der Waals surface area contributed by atoms with E-state index in [2.05, 4.69) is 15.5 Å². The number of carbonyl (C=O) groups excluding carboxylic acids is 1. The van der Waals surface area contributed by atoms with E-state index in [0.29, 0.717) is 5.69 Å². The summed E-state index contributed by atoms with van der Waals surface area (Å²) < 4.78 is 0. The first kappa shape index (κ1) is 13.8. The first-order chi connectivity index (χ1) is 10.7. The maximum atomic E-state index is 12.1. The van der Waals surface area contributed by atoms with Gasteiger partial charge in [-0.15, -0.1) is 0 Å². The molecule has 0 saturated carbocycles. The second-order valence-electron chi connectivity index (χ2n) is 4.67. The van der Waals surface area contributed by atoms with Crippen molar-refractivity contribution in [2.45, 2.75) is 0 Å². The van der Waals surface area contributed by atoms with E-state index in [1.54, 1.807) is 30.5 Å². The number of phenols is 1. The summed E-state index contributed by atoms with van der Waals surface area (Å²) >= 11 is 0. The normalized spacial score (nSPS) is 10.9. The van der Waals surface area contributed by atoms with Crippen molar-refractivity contribution in [3.63, 3.8) is 0 Å². The molecule has 0 saturated heterocycles. The van der Waals surface area contributed by atoms with Gasteiger partial charge in [-0.1, -0.05) is 30.3 Å². The van der Waals surface area contributed by atoms with E-state index in [4.69, 9.17) is 0 Å². The molecule has 0 unspecified atom stereocenters. The second kappa shape index (κ2) is 6.05. The number of hydrogen-bond acceptors (Lipinski definition) is 4. The Morgan fingerprint density at radius 3 is 2.55 bits per heavy atom. The highest BCUT2D eigenvalue weighted by Crippen LogP contribution is 2.24. The molecule has 5 nitrogen and oxygen atoms in total. The predicted octanol–water partition coefficient (Wildman–Crippen LogP) is 2.70. The highest BCUT2D eigenvalue weighted by molar-refractivity contribution is 6.01. The summed E-state index contributed by atoms with van der Waals surface area (Å²) in [6.45, 7) is 0. The van der Waals surface area contributed by atoms with Crippen LogP contribution in [0.4, 0.5) is 0 Å². The molecule has 1 heterocycles. The van der Waals surface area contributed by atoms with Crippen molar-refractivity contribution in [1.29, 1.82) is 0 Å². The maximum absolute atomic E-state index is 12.1. The number of fused-ring (bicyclic) bond motifs is 1. The molecule has 2 aromatic carbocycles. The van der Waals surface area contributed by atoms with Crippen LogP contribution in [0.25, 0.3) is 10.8 Å². The highest BCUT2D eigenvalue weighted by Gasteiger charge is 2.11. The zero-order chi connectivity index (χ0) is 15.4. The predicted molar refractivity (Wildman–Crippen MR) is 84.9 cm³/mol. The van der Waals surface area contributed by atoms with Gasteiger partial charge in [0.1, 0.15) is 5.75 Å². The third-order valence-corrected chi connectivity index (χ3v) is 3.16. The van der Waals surface area contributed by atoms with Crippen LogP contribution in [0, 0.1) is 0 Å². The lowest BCUT2D eigenvalue weighted by Crippen LogP contribution is -2.17. The molecular formula is C17H13N3O2. The highest BCUT2D eigenvalue weighted by atomic mass is 16.3. The van der Waals surface area contributed by atoms with E-state index in [-0.39, 0.29) is 11.3 Å². The minimum atomic E-state index is -0.476. The number of carbonyl (C=O) groups is 1. The van der Waals surface area contributed by atoms with Gasteiger partial charge in [0, 0.05) is 6.20 Å². The summed E-state index contributed by atoms with van der Waals surface area (Å²) in [4.78, 5) is 16.2. The van der Waals surface area contributed by atoms with Gasteiger partial charge in [-0.25, -0.2) is 5.43 Å². The molecule has 22 heavy (non-hydrogen) atoms. The molecule has 1 amide bonds. The van der Waals surface area contributed by atoms with Crippen molar-refractivity contribution in [3.8, 4) is 5.75 Å². The summed E-state index contributed by atoms with van der Waals surface area (Å²) in [7, 11) is 0. The standard InChI is InChI=1S/C17H13N3O2/c21-16-10-13-6-2-1-5-12(13)9-15(16)17(22)20-19-11-14-7-3-4-8-18-14/h1-11,21H,(H,20,22)/b19-11-. The van der Waals surface area contributed by atoms with Gasteiger partial charge in [-0.2, -0.15) is 5.10 Å². The van der Waals surface area contributed by atoms with Crippen LogP contribution in [-0.4, -0.2) is 22.2 Å². The summed E-state index contributed by atoms with van der Waals surface area (Å²) in [6.07, 6.45) is 3.08. The van der Waals surface area contributed by atoms with E-state index in [9.17, 15) is 9.90 Å². The van der Waals surface area contributed by atoms with Gasteiger partial charge in [0.05, 0.1) is 17.5 Å². The second-order valence-corrected chi connectivity index (χ2v) is 4.67. The van der Waals surface area contributed by atoms with Gasteiger partial charge < -0.3 is 5.11 Å². The van der Waals surface area contributed by atoms with Crippen molar-refractivity contribution >= 4 is 22.9 Å². The number of nitrogens with zero attached hydrogens (tertiary/aromatic N) is 2. The van der Waals surface area contributed by atoms with Crippen LogP contribution in [0.5, 0.6) is 5.75 Å². The number of amides is 1. The van der Waals surface area contributed by atoms with Crippen molar-refractivity contribution in [2.24, 2.45) is 5.10 Å². The first-order valence-electron chi connectivity index (χ1n) is 6.70. The molecule has 0 atom stereocenters. The number of rotatable bonds is 3. The number of hydrogen-bond donors (Lipinski definition) is 2. The zero-order valence-electron chi connectivity index (χ0n) is 11.6. The number of benzene rings is 2. The molecule has 108 valence electrons. The Balaban J connectivity index is 1.80. The maximum Gasteiger partial charge on any atom is 0.275 e. The van der Waals surface area contributed by atoms with Gasteiger partial charge in [0.25, 0.3) is 5.91 Å². The van der Waals surface area contributed by atoms with Gasteiger partial charge >= 0.3 is 0 Å². The smallest absolute Gasteiger partial charge is 0.275 e. The Morgan fingerprint density at radius 1 is 1.09 bits per heavy atom. The van der Waals surface area contributed by atoms with Crippen LogP contribution in [0.3, 0.4) is 0 Å². The fourth-order valence-electron chi connectivity index (χ4n) is 2.08. The van der Waals surface area contributed by atoms with Gasteiger partial charge in [0.15, 0.2) is 0 Å². The molecule has 5 heteroatoms. The topological polar surface area (TPSA) is 74.6 Å². The fourth-order valence-corrected chi connectivity index (χ4v) is 2.08. The van der Waals surface area contributed by atoms with Crippen LogP contribution in [0.15, 0.2) is 65.9 Å². The molecule has 0 fully saturated rings. The number of aromatic hydroxyl groups is 1. The molecule has 0 spiro atoms. The lowest BCUT2D eigenvalue weighted by atomic mass is 10.1. The van der Waals surface area contributed by atoms with Crippen LogP contribution >= 0.6 is 0 Å². The molecule has 3 aromatic rings. The number of pyridine rings is 1. The molecule has 0 radical (unpaired) electrons. The van der Waals surface area contributed by atoms with Crippen molar-refractivity contribution in [3.05, 3.63) is 72.1 Å². The monoisotopic (exact) mass is 291 g/mol. The first-order valence-corrected chi connectivity index (χ1v) is 6.70. The van der Waals surface area contributed by atoms with E-state index < -0.39 is 5.91 Å². The molecule has 0 aliphatic carbocycles. The Labute approximate surface area is 126 Å². The van der Waals surface area contributed by atoms with E-state index in [1.807, 2.05) is 30.3 Å². The number of nitrogens with one attached hydrogen (secondary N) is 1. The van der Waals surface area contributed by atoms with E-state index >= 15 is 0 Å². The Kier molecular flexibility index (Phi) is 3.78. The lowest BCUT2D eigenvalue weighted by molar-refractivity contribution is 0.0952. The van der Waals surface area contributed by atoms with Crippen molar-refractivity contribution in [2.75, 3.05) is 0 Å². The summed E-state index contributed by atoms with van der Waals surface area (Å²) in [5.41, 5.74) is 3.19. The molecule has 0 bridgehead atoms. The van der Waals surface area contributed by atoms with Crippen LogP contribution in [0.1, 0.15) is 16.1 Å². The van der Waals surface area contributed by atoms with E-state index in [1.165, 1.54) is 6.21 Å². The lowest BCUT2D eigenvalue weighted by Gasteiger charge is -2.05. The molecule has 0 aliphatic rings. The fraction of sp³-hybridized carbons (Fsp3) is 0. The third-order valence-electron chi connectivity index (χ3n) is 3.16. The Hall–Kier alpha value is -3.21. The third kappa shape index (κ3) is 2.93. The Bertz CT molecular complexity index is 845. The average Bonchev–Trinajstić information content (AvgIpc) is 2.55. The van der Waals surface area contributed by atoms with E-state index in [0.717, 1.165) is 10.8 Å². The molecule has 0 aliphatic heterocycles. The zero-order valence-corrected chi connectivity index (χ0v) is 11.6.